The van der Waals surface area contributed by atoms with Gasteiger partial charge in [0.25, 0.3) is 11.5 Å². The maximum Gasteiger partial charge on any atom is 0.331 e. The van der Waals surface area contributed by atoms with E-state index in [9.17, 15) is 28.0 Å². The number of rotatable bonds is 6. The van der Waals surface area contributed by atoms with Gasteiger partial charge >= 0.3 is 11.7 Å². The molecule has 0 bridgehead atoms. The van der Waals surface area contributed by atoms with E-state index in [0.717, 1.165) is 23.8 Å². The molecule has 2 aliphatic rings. The van der Waals surface area contributed by atoms with E-state index in [-0.39, 0.29) is 37.1 Å². The zero-order chi connectivity index (χ0) is 30.3. The summed E-state index contributed by atoms with van der Waals surface area (Å²) >= 11 is 0. The van der Waals surface area contributed by atoms with Crippen molar-refractivity contribution in [2.45, 2.75) is 45.4 Å². The number of carbonyl (C=O) groups excluding carboxylic acids is 2. The summed E-state index contributed by atoms with van der Waals surface area (Å²) in [7, 11) is 1.25. The molecular formula is C29H30F2N6O5. The van der Waals surface area contributed by atoms with Gasteiger partial charge in [-0.25, -0.2) is 18.4 Å². The lowest BCUT2D eigenvalue weighted by Crippen LogP contribution is -2.53. The van der Waals surface area contributed by atoms with Gasteiger partial charge in [-0.1, -0.05) is 0 Å². The van der Waals surface area contributed by atoms with Crippen LogP contribution in [0.1, 0.15) is 38.3 Å². The highest BCUT2D eigenvalue weighted by molar-refractivity contribution is 5.97. The van der Waals surface area contributed by atoms with Gasteiger partial charge in [-0.2, -0.15) is 5.26 Å². The molecule has 42 heavy (non-hydrogen) atoms. The normalized spacial score (nSPS) is 16.9. The molecule has 2 aromatic carbocycles. The quantitative estimate of drug-likeness (QED) is 0.477. The van der Waals surface area contributed by atoms with Crippen LogP contribution < -0.4 is 21.5 Å². The van der Waals surface area contributed by atoms with E-state index in [1.807, 2.05) is 13.8 Å². The number of ether oxygens (including phenoxy) is 1. The molecule has 2 heterocycles. The number of anilines is 2. The number of nitrogens with one attached hydrogen (secondary N) is 1. The summed E-state index contributed by atoms with van der Waals surface area (Å²) in [6.07, 6.45) is 0.791. The summed E-state index contributed by atoms with van der Waals surface area (Å²) in [4.78, 5) is 54.9. The highest BCUT2D eigenvalue weighted by atomic mass is 19.1. The second-order valence-corrected chi connectivity index (χ2v) is 10.9. The van der Waals surface area contributed by atoms with Crippen molar-refractivity contribution in [2.24, 2.45) is 5.92 Å². The van der Waals surface area contributed by atoms with Crippen LogP contribution in [0.25, 0.3) is 10.9 Å². The number of aromatic nitrogens is 2. The third kappa shape index (κ3) is 5.49. The second kappa shape index (κ2) is 11.4. The number of benzene rings is 2. The molecule has 1 unspecified atom stereocenters. The molecule has 13 heteroatoms. The molecule has 3 amide bonds. The first-order chi connectivity index (χ1) is 20.0. The summed E-state index contributed by atoms with van der Waals surface area (Å²) in [5, 5.41) is 11.9. The molecule has 1 N–H and O–H groups in total. The minimum Gasteiger partial charge on any atom is -0.365 e. The van der Waals surface area contributed by atoms with Crippen LogP contribution in [0, 0.1) is 28.9 Å². The Morgan fingerprint density at radius 1 is 1.17 bits per heavy atom. The number of nitriles is 1. The molecule has 1 aliphatic carbocycles. The van der Waals surface area contributed by atoms with Gasteiger partial charge in [0.1, 0.15) is 17.7 Å². The van der Waals surface area contributed by atoms with Gasteiger partial charge in [-0.05, 0) is 56.9 Å². The molecule has 5 rings (SSSR count). The van der Waals surface area contributed by atoms with Crippen LogP contribution in [-0.4, -0.2) is 58.8 Å². The van der Waals surface area contributed by atoms with E-state index < -0.39 is 40.8 Å². The van der Waals surface area contributed by atoms with Crippen LogP contribution in [0.3, 0.4) is 0 Å². The molecule has 3 aromatic rings. The van der Waals surface area contributed by atoms with Crippen molar-refractivity contribution in [1.29, 1.82) is 5.26 Å². The predicted octanol–water partition coefficient (Wildman–Crippen LogP) is 3.20. The molecule has 1 saturated carbocycles. The molecular weight excluding hydrogens is 550 g/mol. The molecule has 2 fully saturated rings. The Morgan fingerprint density at radius 3 is 2.57 bits per heavy atom. The van der Waals surface area contributed by atoms with Gasteiger partial charge in [0.05, 0.1) is 35.3 Å². The molecule has 11 nitrogen and oxygen atoms in total. The Balaban J connectivity index is 1.34. The number of hydrogen-bond donors (Lipinski definition) is 1. The molecule has 1 aliphatic heterocycles. The fraction of sp³-hybridized carbons (Fsp3) is 0.414. The minimum atomic E-state index is -1.15. The van der Waals surface area contributed by atoms with Crippen molar-refractivity contribution < 1.29 is 23.1 Å². The average molecular weight is 581 g/mol. The molecule has 1 atom stereocenters. The number of nitrogens with zero attached hydrogens (tertiary/aromatic N) is 5. The summed E-state index contributed by atoms with van der Waals surface area (Å²) in [5.74, 6) is -2.33. The van der Waals surface area contributed by atoms with Crippen molar-refractivity contribution in [1.82, 2.24) is 14.0 Å². The number of morpholine rings is 1. The third-order valence-corrected chi connectivity index (χ3v) is 7.55. The third-order valence-electron chi connectivity index (χ3n) is 7.55. The zero-order valence-corrected chi connectivity index (χ0v) is 23.4. The van der Waals surface area contributed by atoms with E-state index in [2.05, 4.69) is 5.32 Å². The van der Waals surface area contributed by atoms with Crippen LogP contribution in [0.5, 0.6) is 0 Å². The lowest BCUT2D eigenvalue weighted by molar-refractivity contribution is -0.133. The Bertz CT molecular complexity index is 1740. The van der Waals surface area contributed by atoms with Crippen LogP contribution >= 0.6 is 0 Å². The minimum absolute atomic E-state index is 0.0200. The van der Waals surface area contributed by atoms with Crippen molar-refractivity contribution in [2.75, 3.05) is 37.0 Å². The van der Waals surface area contributed by atoms with E-state index in [4.69, 9.17) is 10.00 Å². The Hall–Kier alpha value is -4.57. The van der Waals surface area contributed by atoms with Gasteiger partial charge in [0.2, 0.25) is 0 Å². The maximum absolute atomic E-state index is 14.5. The SMILES string of the molecule is CC(C)n1c(=O)n(CC2CC2)c(=O)c2cc(NC(=O)N3CCOC(C(=O)N(C)c4cc(F)c(C#N)cc4F)C3)ccc21. The van der Waals surface area contributed by atoms with Gasteiger partial charge in [0, 0.05) is 37.9 Å². The number of hydrogen-bond acceptors (Lipinski definition) is 6. The number of amides is 3. The molecule has 0 spiro atoms. The Kier molecular flexibility index (Phi) is 7.83. The first kappa shape index (κ1) is 28.9. The highest BCUT2D eigenvalue weighted by Crippen LogP contribution is 2.30. The molecule has 0 radical (unpaired) electrons. The van der Waals surface area contributed by atoms with Gasteiger partial charge < -0.3 is 19.9 Å². The fourth-order valence-electron chi connectivity index (χ4n) is 5.08. The second-order valence-electron chi connectivity index (χ2n) is 10.9. The highest BCUT2D eigenvalue weighted by Gasteiger charge is 2.33. The van der Waals surface area contributed by atoms with Crippen molar-refractivity contribution in [3.05, 3.63) is 68.4 Å². The maximum atomic E-state index is 14.5. The lowest BCUT2D eigenvalue weighted by Gasteiger charge is -2.34. The van der Waals surface area contributed by atoms with E-state index >= 15 is 0 Å². The summed E-state index contributed by atoms with van der Waals surface area (Å²) in [6.45, 7) is 4.10. The molecule has 1 saturated heterocycles. The van der Waals surface area contributed by atoms with Crippen molar-refractivity contribution in [3.63, 3.8) is 0 Å². The summed E-state index contributed by atoms with van der Waals surface area (Å²) < 4.78 is 37.0. The largest absolute Gasteiger partial charge is 0.365 e. The monoisotopic (exact) mass is 580 g/mol. The number of fused-ring (bicyclic) bond motifs is 1. The van der Waals surface area contributed by atoms with Gasteiger partial charge in [-0.3, -0.25) is 18.7 Å². The van der Waals surface area contributed by atoms with Crippen LogP contribution in [0.4, 0.5) is 25.0 Å². The number of carbonyl (C=O) groups is 2. The van der Waals surface area contributed by atoms with Gasteiger partial charge in [0.15, 0.2) is 6.10 Å². The number of halogens is 2. The summed E-state index contributed by atoms with van der Waals surface area (Å²) in [5.41, 5.74) is -0.832. The summed E-state index contributed by atoms with van der Waals surface area (Å²) in [6, 6.07) is 7.03. The molecule has 220 valence electrons. The van der Waals surface area contributed by atoms with E-state index in [1.54, 1.807) is 22.8 Å². The lowest BCUT2D eigenvalue weighted by atomic mass is 10.1. The first-order valence-corrected chi connectivity index (χ1v) is 13.6. The Labute approximate surface area is 239 Å². The van der Waals surface area contributed by atoms with Crippen LogP contribution in [0.2, 0.25) is 0 Å². The predicted molar refractivity (Wildman–Crippen MR) is 150 cm³/mol. The van der Waals surface area contributed by atoms with Gasteiger partial charge in [-0.15, -0.1) is 0 Å². The van der Waals surface area contributed by atoms with Crippen molar-refractivity contribution in [3.8, 4) is 6.07 Å². The average Bonchev–Trinajstić information content (AvgIpc) is 3.80. The van der Waals surface area contributed by atoms with E-state index in [1.165, 1.54) is 22.6 Å². The fourth-order valence-corrected chi connectivity index (χ4v) is 5.08. The smallest absolute Gasteiger partial charge is 0.331 e. The Morgan fingerprint density at radius 2 is 1.90 bits per heavy atom. The van der Waals surface area contributed by atoms with Crippen LogP contribution in [-0.2, 0) is 16.1 Å². The van der Waals surface area contributed by atoms with E-state index in [0.29, 0.717) is 35.1 Å². The van der Waals surface area contributed by atoms with Crippen LogP contribution in [0.15, 0.2) is 39.9 Å². The topological polar surface area (TPSA) is 130 Å². The van der Waals surface area contributed by atoms with Crippen molar-refractivity contribution >= 4 is 34.2 Å². The number of urea groups is 1. The first-order valence-electron chi connectivity index (χ1n) is 13.6. The zero-order valence-electron chi connectivity index (χ0n) is 23.4. The standard InChI is InChI=1S/C29H30F2N6O5/c1-16(2)37-23-7-6-19(11-20(23)26(38)36(29(37)41)14-17-4-5-17)33-28(40)35-8-9-42-25(15-35)27(39)34(3)24-12-21(30)18(13-32)10-22(24)31/h6-7,10-12,16-17,25H,4-5,8-9,14-15H2,1-3H3,(H,33,40). The number of likely N-dealkylation sites (N-methyl/N-ethyl adjacent to an activating group) is 1. The molecule has 1 aromatic heterocycles.